The van der Waals surface area contributed by atoms with E-state index in [4.69, 9.17) is 4.42 Å². The summed E-state index contributed by atoms with van der Waals surface area (Å²) in [5.74, 6) is 0. The van der Waals surface area contributed by atoms with E-state index in [1.807, 2.05) is 12.1 Å². The van der Waals surface area contributed by atoms with Gasteiger partial charge in [0.25, 0.3) is 0 Å². The average molecular weight is 816 g/mol. The molecule has 2 heteroatoms. The zero-order valence-electron chi connectivity index (χ0n) is 35.0. The van der Waals surface area contributed by atoms with Gasteiger partial charge in [-0.1, -0.05) is 194 Å². The van der Waals surface area contributed by atoms with Crippen LogP contribution in [-0.2, 0) is 0 Å². The highest BCUT2D eigenvalue weighted by Gasteiger charge is 2.20. The van der Waals surface area contributed by atoms with Gasteiger partial charge in [-0.2, -0.15) is 0 Å². The van der Waals surface area contributed by atoms with E-state index in [2.05, 4.69) is 241 Å². The summed E-state index contributed by atoms with van der Waals surface area (Å²) in [7, 11) is 0. The van der Waals surface area contributed by atoms with Gasteiger partial charge in [0.2, 0.25) is 0 Å². The van der Waals surface area contributed by atoms with E-state index in [0.717, 1.165) is 66.8 Å². The maximum atomic E-state index is 6.30. The molecule has 2 nitrogen and oxygen atoms in total. The Kier molecular flexibility index (Phi) is 9.20. The first kappa shape index (κ1) is 37.3. The highest BCUT2D eigenvalue weighted by atomic mass is 16.3. The molecule has 11 aromatic carbocycles. The third kappa shape index (κ3) is 6.70. The van der Waals surface area contributed by atoms with E-state index in [1.54, 1.807) is 0 Å². The summed E-state index contributed by atoms with van der Waals surface area (Å²) < 4.78 is 6.30. The second-order valence-corrected chi connectivity index (χ2v) is 16.5. The van der Waals surface area contributed by atoms with Crippen molar-refractivity contribution < 1.29 is 4.42 Å². The van der Waals surface area contributed by atoms with Gasteiger partial charge in [0.15, 0.2) is 0 Å². The minimum atomic E-state index is 0.893. The summed E-state index contributed by atoms with van der Waals surface area (Å²) in [5.41, 5.74) is 16.7. The molecule has 0 saturated carbocycles. The fourth-order valence-corrected chi connectivity index (χ4v) is 9.46. The molecule has 0 bridgehead atoms. The van der Waals surface area contributed by atoms with Crippen LogP contribution < -0.4 is 4.90 Å². The van der Waals surface area contributed by atoms with E-state index < -0.39 is 0 Å². The molecule has 64 heavy (non-hydrogen) atoms. The molecule has 0 amide bonds. The molecule has 0 unspecified atom stereocenters. The van der Waals surface area contributed by atoms with E-state index >= 15 is 0 Å². The van der Waals surface area contributed by atoms with Crippen molar-refractivity contribution in [2.24, 2.45) is 0 Å². The number of hydrogen-bond acceptors (Lipinski definition) is 2. The molecule has 12 aromatic rings. The molecule has 12 rings (SSSR count). The van der Waals surface area contributed by atoms with Gasteiger partial charge in [-0.25, -0.2) is 0 Å². The van der Waals surface area contributed by atoms with Crippen LogP contribution in [0.4, 0.5) is 17.1 Å². The Morgan fingerprint density at radius 2 is 0.719 bits per heavy atom. The molecule has 0 radical (unpaired) electrons. The highest BCUT2D eigenvalue weighted by Crippen LogP contribution is 2.45. The maximum absolute atomic E-state index is 6.30. The second kappa shape index (κ2) is 15.8. The van der Waals surface area contributed by atoms with Gasteiger partial charge < -0.3 is 9.32 Å². The van der Waals surface area contributed by atoms with Crippen LogP contribution in [0.2, 0.25) is 0 Å². The van der Waals surface area contributed by atoms with Crippen molar-refractivity contribution in [2.45, 2.75) is 0 Å². The Hall–Kier alpha value is -8.46. The average Bonchev–Trinajstić information content (AvgIpc) is 3.75. The van der Waals surface area contributed by atoms with Crippen molar-refractivity contribution in [2.75, 3.05) is 4.90 Å². The summed E-state index contributed by atoms with van der Waals surface area (Å²) in [4.78, 5) is 2.42. The lowest BCUT2D eigenvalue weighted by molar-refractivity contribution is 0.669. The summed E-state index contributed by atoms with van der Waals surface area (Å²) in [5, 5.41) is 7.25. The zero-order chi connectivity index (χ0) is 42.4. The lowest BCUT2D eigenvalue weighted by Gasteiger charge is -2.29. The number of anilines is 3. The molecular weight excluding hydrogens is 775 g/mol. The fraction of sp³-hybridized carbons (Fsp3) is 0. The first-order valence-electron chi connectivity index (χ1n) is 21.9. The molecular formula is C62H41NO. The first-order valence-corrected chi connectivity index (χ1v) is 21.9. The topological polar surface area (TPSA) is 16.4 Å². The lowest BCUT2D eigenvalue weighted by Crippen LogP contribution is -2.11. The third-order valence-corrected chi connectivity index (χ3v) is 12.7. The van der Waals surface area contributed by atoms with Crippen molar-refractivity contribution in [3.63, 3.8) is 0 Å². The number of fused-ring (bicyclic) bond motifs is 6. The Morgan fingerprint density at radius 3 is 1.39 bits per heavy atom. The van der Waals surface area contributed by atoms with Crippen molar-refractivity contribution in [3.8, 4) is 55.6 Å². The van der Waals surface area contributed by atoms with Crippen molar-refractivity contribution in [3.05, 3.63) is 249 Å². The van der Waals surface area contributed by atoms with Crippen LogP contribution >= 0.6 is 0 Å². The summed E-state index contributed by atoms with van der Waals surface area (Å²) in [6, 6.07) is 89.8. The van der Waals surface area contributed by atoms with Gasteiger partial charge >= 0.3 is 0 Å². The molecule has 1 heterocycles. The summed E-state index contributed by atoms with van der Waals surface area (Å²) in [6.45, 7) is 0. The molecule has 0 aliphatic rings. The van der Waals surface area contributed by atoms with Gasteiger partial charge in [-0.15, -0.1) is 0 Å². The van der Waals surface area contributed by atoms with E-state index in [0.29, 0.717) is 0 Å². The number of para-hydroxylation sites is 1. The smallest absolute Gasteiger partial charge is 0.136 e. The molecule has 300 valence electrons. The van der Waals surface area contributed by atoms with Crippen molar-refractivity contribution >= 4 is 60.5 Å². The lowest BCUT2D eigenvalue weighted by atomic mass is 9.91. The SMILES string of the molecule is c1ccc(-c2ccc(-c3ccc(N(c4ccc(-c5ccc6c(c5)oc5ccccc56)cc4)c4cc(-c5cc6ccccc6c6ccccc56)ccc4-c4ccccc4)cc3)cc2)cc1. The molecule has 1 aromatic heterocycles. The normalized spacial score (nSPS) is 11.4. The van der Waals surface area contributed by atoms with Gasteiger partial charge in [0, 0.05) is 27.7 Å². The van der Waals surface area contributed by atoms with E-state index in [-0.39, 0.29) is 0 Å². The van der Waals surface area contributed by atoms with Crippen LogP contribution in [0, 0.1) is 0 Å². The Balaban J connectivity index is 1.01. The predicted molar refractivity (Wildman–Crippen MR) is 271 cm³/mol. The minimum absolute atomic E-state index is 0.893. The molecule has 0 N–H and O–H groups in total. The molecule has 0 atom stereocenters. The Morgan fingerprint density at radius 1 is 0.250 bits per heavy atom. The van der Waals surface area contributed by atoms with Crippen LogP contribution in [-0.4, -0.2) is 0 Å². The number of furan rings is 1. The molecule has 0 fully saturated rings. The van der Waals surface area contributed by atoms with Crippen LogP contribution in [0.1, 0.15) is 0 Å². The van der Waals surface area contributed by atoms with Gasteiger partial charge in [0.05, 0.1) is 5.69 Å². The standard InChI is InChI=1S/C62H41NO/c1-3-13-42(14-4-1)43-23-25-44(26-24-43)45-27-33-51(34-28-45)63(52-35-29-46(30-36-52)48-31-38-58-57-21-11-12-22-61(57)64-62(58)41-48)60-40-50(32-37-54(60)47-15-5-2-6-16-47)59-39-49-17-7-8-18-53(49)55-19-9-10-20-56(55)59/h1-41H. The second-order valence-electron chi connectivity index (χ2n) is 16.5. The van der Waals surface area contributed by atoms with Crippen LogP contribution in [0.3, 0.4) is 0 Å². The first-order chi connectivity index (χ1) is 31.7. The third-order valence-electron chi connectivity index (χ3n) is 12.7. The van der Waals surface area contributed by atoms with Crippen LogP contribution in [0.15, 0.2) is 253 Å². The minimum Gasteiger partial charge on any atom is -0.456 e. The fourth-order valence-electron chi connectivity index (χ4n) is 9.46. The quantitative estimate of drug-likeness (QED) is 0.142. The van der Waals surface area contributed by atoms with Crippen LogP contribution in [0.25, 0.3) is 99.1 Å². The Labute approximate surface area is 372 Å². The van der Waals surface area contributed by atoms with Crippen molar-refractivity contribution in [1.29, 1.82) is 0 Å². The molecule has 0 aliphatic heterocycles. The predicted octanol–water partition coefficient (Wildman–Crippen LogP) is 17.7. The molecule has 0 aliphatic carbocycles. The zero-order valence-corrected chi connectivity index (χ0v) is 35.0. The van der Waals surface area contributed by atoms with E-state index in [9.17, 15) is 0 Å². The number of nitrogens with zero attached hydrogens (tertiary/aromatic N) is 1. The van der Waals surface area contributed by atoms with Gasteiger partial charge in [-0.3, -0.25) is 0 Å². The largest absolute Gasteiger partial charge is 0.456 e. The van der Waals surface area contributed by atoms with Gasteiger partial charge in [-0.05, 0) is 126 Å². The monoisotopic (exact) mass is 815 g/mol. The number of rotatable bonds is 8. The van der Waals surface area contributed by atoms with E-state index in [1.165, 1.54) is 49.4 Å². The summed E-state index contributed by atoms with van der Waals surface area (Å²) >= 11 is 0. The number of hydrogen-bond donors (Lipinski definition) is 0. The number of benzene rings is 11. The molecule has 0 saturated heterocycles. The highest BCUT2D eigenvalue weighted by molar-refractivity contribution is 6.14. The maximum Gasteiger partial charge on any atom is 0.136 e. The van der Waals surface area contributed by atoms with Crippen molar-refractivity contribution in [1.82, 2.24) is 0 Å². The van der Waals surface area contributed by atoms with Gasteiger partial charge in [0.1, 0.15) is 11.2 Å². The Bertz CT molecular complexity index is 3630. The summed E-state index contributed by atoms with van der Waals surface area (Å²) in [6.07, 6.45) is 0. The molecule has 0 spiro atoms. The van der Waals surface area contributed by atoms with Crippen LogP contribution in [0.5, 0.6) is 0 Å².